The van der Waals surface area contributed by atoms with Gasteiger partial charge in [0.1, 0.15) is 18.2 Å². The molecule has 0 aromatic carbocycles. The minimum Gasteiger partial charge on any atom is -0.460 e. The van der Waals surface area contributed by atoms with Gasteiger partial charge in [0.25, 0.3) is 11.7 Å². The van der Waals surface area contributed by atoms with Crippen molar-refractivity contribution in [1.29, 1.82) is 0 Å². The van der Waals surface area contributed by atoms with Gasteiger partial charge in [0.15, 0.2) is 18.9 Å². The number of ketones is 3. The average Bonchev–Trinajstić information content (AvgIpc) is 3.30. The SMILES string of the molecule is COC1CC2CCC(C)C(O)(O2)C(=O)C(=O)N2CCCCC2C(=O)OC(C(C)CC2CCC(OP(C)(C)=O)C(OC)C2)CC(=O)/C(C)=C/C(C)C(O)C(OC)C(=O)C(C)CC(C)C=CC=CC=C1C. The minimum atomic E-state index is -2.79. The molecule has 3 heterocycles. The van der Waals surface area contributed by atoms with Gasteiger partial charge in [0.05, 0.1) is 30.5 Å². The van der Waals surface area contributed by atoms with Crippen molar-refractivity contribution in [3.05, 3.63) is 47.6 Å². The van der Waals surface area contributed by atoms with E-state index in [2.05, 4.69) is 0 Å². The molecule has 69 heavy (non-hydrogen) atoms. The highest BCUT2D eigenvalue weighted by molar-refractivity contribution is 7.57. The van der Waals surface area contributed by atoms with Gasteiger partial charge in [0.2, 0.25) is 5.79 Å². The quantitative estimate of drug-likeness (QED) is 0.136. The molecule has 2 saturated heterocycles. The molecule has 2 N–H and O–H groups in total. The van der Waals surface area contributed by atoms with Gasteiger partial charge in [0, 0.05) is 71.8 Å². The maximum atomic E-state index is 14.5. The molecule has 1 amide bonds. The van der Waals surface area contributed by atoms with Crippen LogP contribution in [0.25, 0.3) is 0 Å². The number of Topliss-reactive ketones (excluding diaryl/α,β-unsaturated/α-hetero) is 3. The van der Waals surface area contributed by atoms with Crippen LogP contribution in [0.2, 0.25) is 0 Å². The summed E-state index contributed by atoms with van der Waals surface area (Å²) in [7, 11) is 1.76. The Morgan fingerprint density at radius 3 is 2.23 bits per heavy atom. The minimum absolute atomic E-state index is 0.0144. The van der Waals surface area contributed by atoms with Crippen LogP contribution in [0.3, 0.4) is 0 Å². The Morgan fingerprint density at radius 2 is 1.58 bits per heavy atom. The number of allylic oxidation sites excluding steroid dienone is 6. The molecule has 3 fully saturated rings. The predicted molar refractivity (Wildman–Crippen MR) is 263 cm³/mol. The van der Waals surface area contributed by atoms with E-state index in [1.165, 1.54) is 12.0 Å². The topological polar surface area (TPSA) is 201 Å². The fourth-order valence-corrected chi connectivity index (χ4v) is 11.5. The fourth-order valence-electron chi connectivity index (χ4n) is 10.6. The van der Waals surface area contributed by atoms with Gasteiger partial charge in [-0.2, -0.15) is 0 Å². The standard InChI is InChI=1S/C53H84NO14P/c1-32-18-14-13-15-19-33(2)44(63-8)30-40-23-21-38(7)53(61,67-40)50(58)51(59)54-25-17-16-20-41(54)52(60)66-45(35(4)28-39-22-24-43(46(29-39)64-9)68-69(11,12)62)31-42(55)34(3)27-37(6)48(57)49(65-10)47(56)36(5)26-32/h13-15,18-19,27,32,35-41,43-46,48-49,57,61H,16-17,20-26,28-31H2,1-12H3/b15-13?,18-14?,33-19?,34-27+. The highest BCUT2D eigenvalue weighted by Crippen LogP contribution is 2.45. The predicted octanol–water partition coefficient (Wildman–Crippen LogP) is 7.74. The number of methoxy groups -OCH3 is 3. The normalized spacial score (nSPS) is 37.3. The summed E-state index contributed by atoms with van der Waals surface area (Å²) in [6.07, 6.45) is 11.4. The molecular weight excluding hydrogens is 906 g/mol. The number of ether oxygens (including phenoxy) is 5. The van der Waals surface area contributed by atoms with Gasteiger partial charge in [-0.3, -0.25) is 23.7 Å². The highest BCUT2D eigenvalue weighted by Gasteiger charge is 2.53. The molecule has 1 saturated carbocycles. The molecule has 0 radical (unpaired) electrons. The van der Waals surface area contributed by atoms with E-state index in [-0.39, 0.29) is 60.9 Å². The van der Waals surface area contributed by atoms with E-state index in [9.17, 15) is 38.8 Å². The number of piperidine rings is 1. The molecule has 4 aliphatic rings. The number of carbonyl (C=O) groups is 5. The zero-order chi connectivity index (χ0) is 51.4. The summed E-state index contributed by atoms with van der Waals surface area (Å²) < 4.78 is 48.2. The molecule has 2 bridgehead atoms. The van der Waals surface area contributed by atoms with E-state index in [0.717, 1.165) is 12.0 Å². The van der Waals surface area contributed by atoms with Gasteiger partial charge < -0.3 is 43.3 Å². The number of hydrogen-bond acceptors (Lipinski definition) is 14. The number of rotatable bonds is 8. The van der Waals surface area contributed by atoms with Crippen molar-refractivity contribution in [2.24, 2.45) is 35.5 Å². The van der Waals surface area contributed by atoms with E-state index < -0.39 is 85.1 Å². The van der Waals surface area contributed by atoms with E-state index in [1.807, 2.05) is 58.1 Å². The van der Waals surface area contributed by atoms with Crippen molar-refractivity contribution in [2.75, 3.05) is 41.2 Å². The molecule has 1 aliphatic carbocycles. The number of nitrogens with zero attached hydrogens (tertiary/aromatic N) is 1. The van der Waals surface area contributed by atoms with Gasteiger partial charge in [-0.25, -0.2) is 4.79 Å². The van der Waals surface area contributed by atoms with Gasteiger partial charge in [-0.1, -0.05) is 71.1 Å². The lowest BCUT2D eigenvalue weighted by Crippen LogP contribution is -2.61. The summed E-state index contributed by atoms with van der Waals surface area (Å²) in [6, 6.07) is -1.16. The summed E-state index contributed by atoms with van der Waals surface area (Å²) in [4.78, 5) is 72.2. The number of aliphatic hydroxyl groups excluding tert-OH is 1. The zero-order valence-corrected chi connectivity index (χ0v) is 44.3. The van der Waals surface area contributed by atoms with Crippen LogP contribution >= 0.6 is 7.37 Å². The van der Waals surface area contributed by atoms with Crippen LogP contribution in [0, 0.1) is 35.5 Å². The lowest BCUT2D eigenvalue weighted by molar-refractivity contribution is -0.265. The number of fused-ring (bicyclic) bond motifs is 3. The summed E-state index contributed by atoms with van der Waals surface area (Å²) in [5.41, 5.74) is 1.18. The molecule has 3 aliphatic heterocycles. The van der Waals surface area contributed by atoms with Crippen LogP contribution < -0.4 is 0 Å². The van der Waals surface area contributed by atoms with Crippen LogP contribution in [0.5, 0.6) is 0 Å². The summed E-state index contributed by atoms with van der Waals surface area (Å²) in [5.74, 6) is -8.08. The maximum absolute atomic E-state index is 14.5. The van der Waals surface area contributed by atoms with E-state index in [1.54, 1.807) is 54.4 Å². The fraction of sp³-hybridized carbons (Fsp3) is 0.755. The molecule has 15 nitrogen and oxygen atoms in total. The van der Waals surface area contributed by atoms with Crippen LogP contribution in [-0.2, 0) is 56.7 Å². The Balaban J connectivity index is 1.70. The second kappa shape index (κ2) is 26.5. The zero-order valence-electron chi connectivity index (χ0n) is 43.4. The lowest BCUT2D eigenvalue weighted by atomic mass is 9.78. The summed E-state index contributed by atoms with van der Waals surface area (Å²) in [6.45, 7) is 15.9. The molecular formula is C53H84NO14P. The maximum Gasteiger partial charge on any atom is 0.329 e. The van der Waals surface area contributed by atoms with E-state index >= 15 is 0 Å². The largest absolute Gasteiger partial charge is 0.460 e. The summed E-state index contributed by atoms with van der Waals surface area (Å²) in [5, 5.41) is 23.5. The molecule has 4 rings (SSSR count). The number of carbonyl (C=O) groups excluding carboxylic acids is 5. The van der Waals surface area contributed by atoms with Crippen molar-refractivity contribution >= 4 is 36.6 Å². The first kappa shape index (κ1) is 58.4. The molecule has 16 heteroatoms. The van der Waals surface area contributed by atoms with E-state index in [0.29, 0.717) is 63.4 Å². The number of esters is 1. The van der Waals surface area contributed by atoms with Crippen molar-refractivity contribution in [3.63, 3.8) is 0 Å². The number of hydrogen-bond donors (Lipinski definition) is 2. The number of amides is 1. The lowest BCUT2D eigenvalue weighted by Gasteiger charge is -2.42. The second-order valence-electron chi connectivity index (χ2n) is 20.9. The second-order valence-corrected chi connectivity index (χ2v) is 23.6. The van der Waals surface area contributed by atoms with Crippen molar-refractivity contribution < 1.29 is 67.0 Å². The molecule has 15 unspecified atom stereocenters. The Morgan fingerprint density at radius 1 is 0.870 bits per heavy atom. The molecule has 0 aromatic rings. The highest BCUT2D eigenvalue weighted by atomic mass is 31.2. The molecule has 0 spiro atoms. The Labute approximate surface area is 411 Å². The van der Waals surface area contributed by atoms with Crippen molar-refractivity contribution in [3.8, 4) is 0 Å². The molecule has 15 atom stereocenters. The monoisotopic (exact) mass is 990 g/mol. The Bertz CT molecular complexity index is 1940. The van der Waals surface area contributed by atoms with Gasteiger partial charge in [-0.15, -0.1) is 0 Å². The van der Waals surface area contributed by atoms with Gasteiger partial charge in [-0.05, 0) is 107 Å². The van der Waals surface area contributed by atoms with E-state index in [4.69, 9.17) is 28.2 Å². The third kappa shape index (κ3) is 16.2. The Hall–Kier alpha value is -3.14. The smallest absolute Gasteiger partial charge is 0.329 e. The van der Waals surface area contributed by atoms with Crippen LogP contribution in [0.4, 0.5) is 0 Å². The molecule has 0 aromatic heterocycles. The van der Waals surface area contributed by atoms with Gasteiger partial charge >= 0.3 is 5.97 Å². The molecule has 390 valence electrons. The first-order chi connectivity index (χ1) is 32.4. The third-order valence-electron chi connectivity index (χ3n) is 14.9. The van der Waals surface area contributed by atoms with Crippen molar-refractivity contribution in [1.82, 2.24) is 4.90 Å². The third-order valence-corrected chi connectivity index (χ3v) is 15.6. The summed E-state index contributed by atoms with van der Waals surface area (Å²) >= 11 is 0. The number of aliphatic hydroxyl groups is 2. The van der Waals surface area contributed by atoms with Crippen LogP contribution in [-0.4, -0.2) is 140 Å². The van der Waals surface area contributed by atoms with Crippen LogP contribution in [0.1, 0.15) is 126 Å². The number of cyclic esters (lactones) is 1. The average molecular weight is 990 g/mol. The van der Waals surface area contributed by atoms with Crippen molar-refractivity contribution in [2.45, 2.75) is 180 Å². The first-order valence-corrected chi connectivity index (χ1v) is 27.7. The first-order valence-electron chi connectivity index (χ1n) is 25.2. The Kier molecular flexibility index (Phi) is 22.5. The van der Waals surface area contributed by atoms with Crippen LogP contribution in [0.15, 0.2) is 47.6 Å².